The number of para-hydroxylation sites is 1. The van der Waals surface area contributed by atoms with E-state index in [9.17, 15) is 4.79 Å². The Bertz CT molecular complexity index is 1220. The van der Waals surface area contributed by atoms with Gasteiger partial charge in [0.2, 0.25) is 0 Å². The Labute approximate surface area is 196 Å². The van der Waals surface area contributed by atoms with Gasteiger partial charge in [-0.15, -0.1) is 11.3 Å². The molecule has 1 saturated heterocycles. The van der Waals surface area contributed by atoms with Crippen molar-refractivity contribution in [1.82, 2.24) is 19.9 Å². The fourth-order valence-corrected chi connectivity index (χ4v) is 5.06. The quantitative estimate of drug-likeness (QED) is 0.422. The number of aromatic nitrogens is 2. The highest BCUT2D eigenvalue weighted by Gasteiger charge is 2.23. The highest BCUT2D eigenvalue weighted by molar-refractivity contribution is 7.18. The lowest BCUT2D eigenvalue weighted by Crippen LogP contribution is -2.48. The van der Waals surface area contributed by atoms with Crippen LogP contribution in [-0.2, 0) is 13.2 Å². The van der Waals surface area contributed by atoms with Crippen molar-refractivity contribution in [3.05, 3.63) is 76.1 Å². The molecule has 1 fully saturated rings. The van der Waals surface area contributed by atoms with Gasteiger partial charge in [0.25, 0.3) is 5.91 Å². The molecule has 2 aromatic carbocycles. The first kappa shape index (κ1) is 21.6. The van der Waals surface area contributed by atoms with Crippen LogP contribution in [-0.4, -0.2) is 52.0 Å². The Balaban J connectivity index is 1.17. The van der Waals surface area contributed by atoms with Gasteiger partial charge in [-0.1, -0.05) is 23.4 Å². The zero-order valence-corrected chi connectivity index (χ0v) is 19.6. The van der Waals surface area contributed by atoms with Gasteiger partial charge < -0.3 is 14.2 Å². The smallest absolute Gasteiger partial charge is 0.254 e. The Hall–Kier alpha value is -3.23. The summed E-state index contributed by atoms with van der Waals surface area (Å²) in [6.07, 6.45) is 0. The van der Waals surface area contributed by atoms with Crippen LogP contribution in [0.2, 0.25) is 0 Å². The van der Waals surface area contributed by atoms with Gasteiger partial charge in [0.15, 0.2) is 0 Å². The van der Waals surface area contributed by atoms with Crippen LogP contribution in [0, 0.1) is 13.8 Å². The molecule has 5 rings (SSSR count). The Morgan fingerprint density at radius 1 is 1.09 bits per heavy atom. The third-order valence-corrected chi connectivity index (χ3v) is 7.02. The largest absolute Gasteiger partial charge is 0.489 e. The van der Waals surface area contributed by atoms with Crippen molar-refractivity contribution in [3.8, 4) is 5.75 Å². The van der Waals surface area contributed by atoms with Crippen LogP contribution in [0.4, 0.5) is 0 Å². The van der Waals surface area contributed by atoms with E-state index < -0.39 is 0 Å². The van der Waals surface area contributed by atoms with Gasteiger partial charge in [0.05, 0.1) is 28.0 Å². The Kier molecular flexibility index (Phi) is 6.11. The molecule has 3 heterocycles. The molecule has 0 radical (unpaired) electrons. The second-order valence-corrected chi connectivity index (χ2v) is 9.38. The Morgan fingerprint density at radius 3 is 2.67 bits per heavy atom. The van der Waals surface area contributed by atoms with Gasteiger partial charge in [0.1, 0.15) is 23.1 Å². The van der Waals surface area contributed by atoms with E-state index in [0.29, 0.717) is 31.0 Å². The van der Waals surface area contributed by atoms with Crippen molar-refractivity contribution in [2.45, 2.75) is 27.0 Å². The molecule has 33 heavy (non-hydrogen) atoms. The van der Waals surface area contributed by atoms with Gasteiger partial charge in [-0.2, -0.15) is 0 Å². The molecule has 0 saturated carbocycles. The number of hydrogen-bond acceptors (Lipinski definition) is 7. The van der Waals surface area contributed by atoms with E-state index in [1.807, 2.05) is 55.1 Å². The first-order valence-corrected chi connectivity index (χ1v) is 11.9. The number of benzene rings is 2. The molecule has 170 valence electrons. The average molecular weight is 463 g/mol. The summed E-state index contributed by atoms with van der Waals surface area (Å²) in [5.74, 6) is 1.45. The van der Waals surface area contributed by atoms with Gasteiger partial charge in [-0.3, -0.25) is 9.69 Å². The lowest BCUT2D eigenvalue weighted by atomic mass is 10.1. The zero-order valence-electron chi connectivity index (χ0n) is 18.8. The summed E-state index contributed by atoms with van der Waals surface area (Å²) in [6.45, 7) is 8.03. The molecule has 1 aliphatic heterocycles. The molecular weight excluding hydrogens is 436 g/mol. The number of hydrogen-bond donors (Lipinski definition) is 0. The minimum Gasteiger partial charge on any atom is -0.489 e. The second-order valence-electron chi connectivity index (χ2n) is 8.26. The number of piperazine rings is 1. The number of fused-ring (bicyclic) bond motifs is 1. The normalized spacial score (nSPS) is 14.7. The molecule has 8 heteroatoms. The van der Waals surface area contributed by atoms with Crippen LogP contribution >= 0.6 is 11.3 Å². The number of amides is 1. The summed E-state index contributed by atoms with van der Waals surface area (Å²) in [5, 5.41) is 5.08. The predicted octanol–water partition coefficient (Wildman–Crippen LogP) is 4.44. The third kappa shape index (κ3) is 4.77. The summed E-state index contributed by atoms with van der Waals surface area (Å²) in [4.78, 5) is 22.1. The first-order valence-electron chi connectivity index (χ1n) is 11.1. The van der Waals surface area contributed by atoms with E-state index >= 15 is 0 Å². The summed E-state index contributed by atoms with van der Waals surface area (Å²) in [5.41, 5.74) is 3.47. The third-order valence-electron chi connectivity index (χ3n) is 6.00. The van der Waals surface area contributed by atoms with Gasteiger partial charge >= 0.3 is 0 Å². The minimum atomic E-state index is 0.0393. The zero-order chi connectivity index (χ0) is 22.8. The minimum absolute atomic E-state index is 0.0393. The number of thiazole rings is 1. The van der Waals surface area contributed by atoms with Crippen molar-refractivity contribution >= 4 is 27.5 Å². The molecule has 1 amide bonds. The standard InChI is InChI=1S/C25H26N4O3S/c1-17-21(18(2)32-27-17)16-31-20-7-5-6-19(14-20)25(30)29-12-10-28(11-13-29)15-24-26-22-8-3-4-9-23(22)33-24/h3-9,14H,10-13,15-16H2,1-2H3. The lowest BCUT2D eigenvalue weighted by Gasteiger charge is -2.34. The molecule has 7 nitrogen and oxygen atoms in total. The predicted molar refractivity (Wildman–Crippen MR) is 128 cm³/mol. The van der Waals surface area contributed by atoms with Gasteiger partial charge in [0, 0.05) is 31.7 Å². The first-order chi connectivity index (χ1) is 16.1. The number of nitrogens with zero attached hydrogens (tertiary/aromatic N) is 4. The molecule has 0 bridgehead atoms. The van der Waals surface area contributed by atoms with Crippen LogP contribution in [0.15, 0.2) is 53.1 Å². The highest BCUT2D eigenvalue weighted by Crippen LogP contribution is 2.24. The number of aryl methyl sites for hydroxylation is 2. The van der Waals surface area contributed by atoms with Crippen molar-refractivity contribution in [2.75, 3.05) is 26.2 Å². The van der Waals surface area contributed by atoms with Crippen molar-refractivity contribution in [3.63, 3.8) is 0 Å². The summed E-state index contributed by atoms with van der Waals surface area (Å²) in [7, 11) is 0. The van der Waals surface area contributed by atoms with Crippen LogP contribution < -0.4 is 4.74 Å². The topological polar surface area (TPSA) is 71.7 Å². The van der Waals surface area contributed by atoms with Crippen molar-refractivity contribution in [1.29, 1.82) is 0 Å². The van der Waals surface area contributed by atoms with E-state index in [1.165, 1.54) is 4.70 Å². The molecule has 2 aromatic heterocycles. The SMILES string of the molecule is Cc1noc(C)c1COc1cccc(C(=O)N2CCN(Cc3nc4ccccc4s3)CC2)c1. The number of rotatable bonds is 6. The molecular formula is C25H26N4O3S. The van der Waals surface area contributed by atoms with E-state index in [4.69, 9.17) is 14.2 Å². The molecule has 0 spiro atoms. The number of carbonyl (C=O) groups excluding carboxylic acids is 1. The molecule has 0 aliphatic carbocycles. The van der Waals surface area contributed by atoms with Crippen LogP contribution in [0.1, 0.15) is 32.4 Å². The summed E-state index contributed by atoms with van der Waals surface area (Å²) < 4.78 is 12.3. The molecule has 1 aliphatic rings. The maximum atomic E-state index is 13.1. The maximum Gasteiger partial charge on any atom is 0.254 e. The molecule has 4 aromatic rings. The fraction of sp³-hybridized carbons (Fsp3) is 0.320. The van der Waals surface area contributed by atoms with Crippen LogP contribution in [0.3, 0.4) is 0 Å². The number of carbonyl (C=O) groups is 1. The highest BCUT2D eigenvalue weighted by atomic mass is 32.1. The van der Waals surface area contributed by atoms with Crippen LogP contribution in [0.25, 0.3) is 10.2 Å². The fourth-order valence-electron chi connectivity index (χ4n) is 4.05. The molecule has 0 N–H and O–H groups in total. The average Bonchev–Trinajstić information content (AvgIpc) is 3.39. The van der Waals surface area contributed by atoms with Crippen molar-refractivity contribution in [2.24, 2.45) is 0 Å². The monoisotopic (exact) mass is 462 g/mol. The molecule has 0 unspecified atom stereocenters. The van der Waals surface area contributed by atoms with Crippen molar-refractivity contribution < 1.29 is 14.1 Å². The van der Waals surface area contributed by atoms with E-state index in [-0.39, 0.29) is 5.91 Å². The summed E-state index contributed by atoms with van der Waals surface area (Å²) in [6, 6.07) is 15.6. The summed E-state index contributed by atoms with van der Waals surface area (Å²) >= 11 is 1.74. The van der Waals surface area contributed by atoms with Gasteiger partial charge in [-0.05, 0) is 44.2 Å². The van der Waals surface area contributed by atoms with E-state index in [2.05, 4.69) is 22.2 Å². The molecule has 0 atom stereocenters. The van der Waals surface area contributed by atoms with E-state index in [1.54, 1.807) is 11.3 Å². The second kappa shape index (κ2) is 9.33. The Morgan fingerprint density at radius 2 is 1.91 bits per heavy atom. The maximum absolute atomic E-state index is 13.1. The van der Waals surface area contributed by atoms with Crippen LogP contribution in [0.5, 0.6) is 5.75 Å². The van der Waals surface area contributed by atoms with E-state index in [0.717, 1.165) is 47.2 Å². The van der Waals surface area contributed by atoms with Gasteiger partial charge in [-0.25, -0.2) is 4.98 Å². The number of ether oxygens (including phenoxy) is 1. The lowest BCUT2D eigenvalue weighted by molar-refractivity contribution is 0.0628.